The van der Waals surface area contributed by atoms with Gasteiger partial charge in [0.1, 0.15) is 12.7 Å². The van der Waals surface area contributed by atoms with Crippen molar-refractivity contribution >= 4 is 5.97 Å². The van der Waals surface area contributed by atoms with Crippen LogP contribution in [0.25, 0.3) is 0 Å². The Morgan fingerprint density at radius 2 is 0.491 bits per heavy atom. The predicted molar refractivity (Wildman–Crippen MR) is 264 cm³/mol. The van der Waals surface area contributed by atoms with E-state index >= 15 is 26.3 Å². The van der Waals surface area contributed by atoms with Crippen LogP contribution in [0, 0.1) is 0 Å². The van der Waals surface area contributed by atoms with Gasteiger partial charge < -0.3 is 28.4 Å². The van der Waals surface area contributed by atoms with Crippen molar-refractivity contribution in [3.05, 3.63) is 34.4 Å². The molecule has 1 atom stereocenters. The van der Waals surface area contributed by atoms with E-state index in [0.717, 1.165) is 0 Å². The highest BCUT2D eigenvalue weighted by molar-refractivity contribution is 5.90. The molecule has 1 unspecified atom stereocenters. The van der Waals surface area contributed by atoms with Gasteiger partial charge in [-0.1, -0.05) is 0 Å². The molecule has 1 heterocycles. The van der Waals surface area contributed by atoms with E-state index in [4.69, 9.17) is 28.4 Å². The highest BCUT2D eigenvalue weighted by atomic mass is 19.5. The number of esters is 1. The van der Waals surface area contributed by atoms with Gasteiger partial charge in [0, 0.05) is 19.3 Å². The summed E-state index contributed by atoms with van der Waals surface area (Å²) in [5, 5.41) is 0. The van der Waals surface area contributed by atoms with Crippen molar-refractivity contribution in [3.63, 3.8) is 0 Å². The van der Waals surface area contributed by atoms with E-state index in [9.17, 15) is 202 Å². The molecular formula is C54H47F51O7. The second-order valence-corrected chi connectivity index (χ2v) is 23.8. The summed E-state index contributed by atoms with van der Waals surface area (Å²) >= 11 is 0. The van der Waals surface area contributed by atoms with Crippen LogP contribution in [-0.2, 0) is 47.7 Å². The Kier molecular flexibility index (Phi) is 30.7. The number of carbonyl (C=O) groups is 1. The van der Waals surface area contributed by atoms with Gasteiger partial charge in [-0.25, -0.2) is 4.79 Å². The molecule has 1 aromatic carbocycles. The highest BCUT2D eigenvalue weighted by Crippen LogP contribution is 2.69. The molecule has 0 saturated carbocycles. The third-order valence-electron chi connectivity index (χ3n) is 16.0. The molecule has 1 saturated heterocycles. The van der Waals surface area contributed by atoms with Gasteiger partial charge in [0.25, 0.3) is 0 Å². The standard InChI is InChI=1S/C54H47F51O7/c55-31(56,34(61,62)37(67,68)40(73,74)43(79,80)46(85,86)49(91,92)52(97,98)99)10-4-1-7-25-21-27(30(106)112-24-28-23-110-18-17-108-14-13-107-15-16-109-19-20-111-28)22-26(8-2-5-11-32(57,58)35(63,64)38(69,70)41(75,76)44(81,82)47(87,88)50(93,94)53(100,101)102)29(25)9-3-6-12-33(59,60)36(65,66)39(71,72)42(77,78)45(83,84)48(89,90)51(95,96)54(103,104)105/h21-22,28H,1-20,23-24H2. The second kappa shape index (κ2) is 33.4. The SMILES string of the molecule is O=C(OCC1COCCOCCOCCOCCO1)c1cc(CCCCC(F)(F)C(F)(F)C(F)(F)C(F)(F)C(F)(F)C(F)(F)C(F)(F)C(F)(F)F)c(CCCCC(F)(F)C(F)(F)C(F)(F)C(F)(F)C(F)(F)C(F)(F)C(F)(F)C(F)(F)F)c(CCCCC(F)(F)C(F)(F)C(F)(F)C(F)(F)C(F)(F)C(F)(F)C(F)(F)C(F)(F)F)c1. The lowest BCUT2D eigenvalue weighted by Crippen LogP contribution is -2.74. The fourth-order valence-corrected chi connectivity index (χ4v) is 9.26. The summed E-state index contributed by atoms with van der Waals surface area (Å²) in [7, 11) is 0. The zero-order valence-corrected chi connectivity index (χ0v) is 53.9. The molecule has 58 heteroatoms. The van der Waals surface area contributed by atoms with Gasteiger partial charge in [-0.15, -0.1) is 0 Å². The third kappa shape index (κ3) is 18.1. The quantitative estimate of drug-likeness (QED) is 0.0377. The maximum Gasteiger partial charge on any atom is 0.460 e. The van der Waals surface area contributed by atoms with Crippen molar-refractivity contribution in [2.24, 2.45) is 0 Å². The molecule has 1 fully saturated rings. The molecule has 0 amide bonds. The molecule has 0 bridgehead atoms. The molecular weight excluding hydrogens is 1730 g/mol. The zero-order valence-electron chi connectivity index (χ0n) is 53.9. The number of hydrogen-bond donors (Lipinski definition) is 0. The summed E-state index contributed by atoms with van der Waals surface area (Å²) in [6.45, 7) is -3.93. The molecule has 1 aliphatic heterocycles. The number of halogens is 51. The van der Waals surface area contributed by atoms with E-state index < -0.39 is 274 Å². The Morgan fingerprint density at radius 1 is 0.277 bits per heavy atom. The fraction of sp³-hybridized carbons (Fsp3) is 0.870. The summed E-state index contributed by atoms with van der Waals surface area (Å²) in [4.78, 5) is 13.7. The molecule has 2 rings (SSSR count). The lowest BCUT2D eigenvalue weighted by atomic mass is 9.86. The summed E-state index contributed by atoms with van der Waals surface area (Å²) in [5.41, 5.74) is -5.22. The minimum atomic E-state index is -9.22. The number of rotatable bonds is 36. The molecule has 0 N–H and O–H groups in total. The zero-order chi connectivity index (χ0) is 88.7. The predicted octanol–water partition coefficient (Wildman–Crippen LogP) is 21.5. The van der Waals surface area contributed by atoms with E-state index in [1.807, 2.05) is 0 Å². The average molecular weight is 1780 g/mol. The molecule has 662 valence electrons. The Hall–Kier alpha value is -5.08. The van der Waals surface area contributed by atoms with E-state index in [2.05, 4.69) is 0 Å². The summed E-state index contributed by atoms with van der Waals surface area (Å²) in [5.74, 6) is -185. The van der Waals surface area contributed by atoms with E-state index in [1.165, 1.54) is 0 Å². The number of benzene rings is 1. The third-order valence-corrected chi connectivity index (χ3v) is 16.0. The fourth-order valence-electron chi connectivity index (χ4n) is 9.26. The first-order valence-corrected chi connectivity index (χ1v) is 29.8. The highest BCUT2D eigenvalue weighted by Gasteiger charge is 2.98. The maximum absolute atomic E-state index is 15.1. The minimum Gasteiger partial charge on any atom is -0.459 e. The van der Waals surface area contributed by atoms with Crippen LogP contribution in [0.3, 0.4) is 0 Å². The summed E-state index contributed by atoms with van der Waals surface area (Å²) < 4.78 is 747. The number of alkyl halides is 51. The van der Waals surface area contributed by atoms with Gasteiger partial charge >= 0.3 is 149 Å². The first kappa shape index (κ1) is 103. The molecule has 1 aromatic rings. The van der Waals surface area contributed by atoms with Crippen LogP contribution in [0.2, 0.25) is 0 Å². The van der Waals surface area contributed by atoms with Gasteiger partial charge in [0.2, 0.25) is 0 Å². The molecule has 7 nitrogen and oxygen atoms in total. The van der Waals surface area contributed by atoms with Crippen LogP contribution in [0.1, 0.15) is 84.8 Å². The number of ether oxygens (including phenoxy) is 6. The van der Waals surface area contributed by atoms with E-state index in [-0.39, 0.29) is 58.4 Å². The van der Waals surface area contributed by atoms with Gasteiger partial charge in [-0.3, -0.25) is 0 Å². The van der Waals surface area contributed by atoms with Crippen molar-refractivity contribution in [2.45, 2.75) is 226 Å². The van der Waals surface area contributed by atoms with Crippen molar-refractivity contribution in [3.8, 4) is 0 Å². The average Bonchev–Trinajstić information content (AvgIpc) is 0.705. The number of hydrogen-bond acceptors (Lipinski definition) is 7. The minimum absolute atomic E-state index is 0.0354. The summed E-state index contributed by atoms with van der Waals surface area (Å²) in [6, 6.07) is 0.209. The van der Waals surface area contributed by atoms with Crippen LogP contribution in [0.4, 0.5) is 224 Å². The molecule has 1 aliphatic rings. The van der Waals surface area contributed by atoms with Crippen molar-refractivity contribution in [1.82, 2.24) is 0 Å². The van der Waals surface area contributed by atoms with Gasteiger partial charge in [0.15, 0.2) is 0 Å². The van der Waals surface area contributed by atoms with Crippen molar-refractivity contribution < 1.29 is 257 Å². The largest absolute Gasteiger partial charge is 0.460 e. The Morgan fingerprint density at radius 3 is 0.741 bits per heavy atom. The lowest BCUT2D eigenvalue weighted by molar-refractivity contribution is -0.461. The van der Waals surface area contributed by atoms with Gasteiger partial charge in [-0.2, -0.15) is 224 Å². The monoisotopic (exact) mass is 1780 g/mol. The second-order valence-electron chi connectivity index (χ2n) is 23.8. The Labute approximate surface area is 589 Å². The first-order chi connectivity index (χ1) is 49.4. The topological polar surface area (TPSA) is 72.5 Å². The summed E-state index contributed by atoms with van der Waals surface area (Å²) in [6.07, 6.45) is -54.1. The van der Waals surface area contributed by atoms with Crippen LogP contribution < -0.4 is 0 Å². The van der Waals surface area contributed by atoms with E-state index in [0.29, 0.717) is 0 Å². The van der Waals surface area contributed by atoms with Crippen LogP contribution >= 0.6 is 0 Å². The number of aryl methyl sites for hydroxylation is 2. The van der Waals surface area contributed by atoms with Gasteiger partial charge in [0.05, 0.1) is 65.0 Å². The van der Waals surface area contributed by atoms with Crippen molar-refractivity contribution in [2.75, 3.05) is 66.1 Å². The normalized spacial score (nSPS) is 18.0. The number of carbonyl (C=O) groups excluding carboxylic acids is 1. The van der Waals surface area contributed by atoms with Crippen LogP contribution in [-0.4, -0.2) is 221 Å². The Bertz CT molecular complexity index is 3080. The smallest absolute Gasteiger partial charge is 0.459 e. The van der Waals surface area contributed by atoms with Crippen LogP contribution in [0.5, 0.6) is 0 Å². The van der Waals surface area contributed by atoms with Crippen molar-refractivity contribution in [1.29, 1.82) is 0 Å². The molecule has 112 heavy (non-hydrogen) atoms. The van der Waals surface area contributed by atoms with Gasteiger partial charge in [-0.05, 0) is 86.6 Å². The maximum atomic E-state index is 15.1. The first-order valence-electron chi connectivity index (χ1n) is 29.8. The van der Waals surface area contributed by atoms with E-state index in [1.54, 1.807) is 0 Å². The number of unbranched alkanes of at least 4 members (excludes halogenated alkanes) is 3. The lowest BCUT2D eigenvalue weighted by Gasteiger charge is -2.42. The molecule has 0 spiro atoms. The molecule has 0 radical (unpaired) electrons. The Balaban J connectivity index is 3.04. The molecule has 0 aromatic heterocycles. The van der Waals surface area contributed by atoms with Crippen LogP contribution in [0.15, 0.2) is 12.1 Å². The molecule has 0 aliphatic carbocycles.